The van der Waals surface area contributed by atoms with Crippen molar-refractivity contribution in [1.82, 2.24) is 9.55 Å². The zero-order chi connectivity index (χ0) is 11.4. The van der Waals surface area contributed by atoms with Crippen LogP contribution in [0, 0.1) is 0 Å². The minimum absolute atomic E-state index is 0.923. The summed E-state index contributed by atoms with van der Waals surface area (Å²) >= 11 is 0. The molecule has 2 nitrogen and oxygen atoms in total. The van der Waals surface area contributed by atoms with Crippen LogP contribution in [-0.2, 0) is 13.0 Å². The molecule has 0 fully saturated rings. The van der Waals surface area contributed by atoms with Gasteiger partial charge in [0.25, 0.3) is 0 Å². The molecule has 1 heterocycles. The predicted octanol–water partition coefficient (Wildman–Crippen LogP) is 3.56. The molecule has 0 amide bonds. The smallest absolute Gasteiger partial charge is 0.110 e. The van der Waals surface area contributed by atoms with Gasteiger partial charge >= 0.3 is 0 Å². The molecule has 0 spiro atoms. The highest BCUT2D eigenvalue weighted by atomic mass is 15.1. The fourth-order valence-electron chi connectivity index (χ4n) is 1.95. The van der Waals surface area contributed by atoms with Crippen molar-refractivity contribution in [2.75, 3.05) is 0 Å². The van der Waals surface area contributed by atoms with E-state index in [4.69, 9.17) is 0 Å². The summed E-state index contributed by atoms with van der Waals surface area (Å²) in [5.74, 6) is 1.20. The van der Waals surface area contributed by atoms with Crippen LogP contribution in [0.3, 0.4) is 0 Å². The molecule has 0 aliphatic rings. The van der Waals surface area contributed by atoms with E-state index in [1.54, 1.807) is 0 Å². The van der Waals surface area contributed by atoms with Crippen LogP contribution in [0.1, 0.15) is 26.1 Å². The van der Waals surface area contributed by atoms with Crippen LogP contribution in [0.2, 0.25) is 0 Å². The third-order valence-electron chi connectivity index (χ3n) is 2.73. The number of aryl methyl sites for hydroxylation is 1. The normalized spacial score (nSPS) is 11.6. The SMILES string of the molecule is C/C=C/Cn1c(CCC)nc2ccccc21. The van der Waals surface area contributed by atoms with Crippen LogP contribution in [0.4, 0.5) is 0 Å². The minimum atomic E-state index is 0.923. The van der Waals surface area contributed by atoms with Crippen LogP contribution in [0.15, 0.2) is 36.4 Å². The molecule has 0 radical (unpaired) electrons. The van der Waals surface area contributed by atoms with Gasteiger partial charge < -0.3 is 4.57 Å². The van der Waals surface area contributed by atoms with Crippen LogP contribution in [-0.4, -0.2) is 9.55 Å². The number of nitrogens with zero attached hydrogens (tertiary/aromatic N) is 2. The highest BCUT2D eigenvalue weighted by Crippen LogP contribution is 2.17. The number of aromatic nitrogens is 2. The molecule has 2 aromatic rings. The molecule has 84 valence electrons. The Morgan fingerprint density at radius 3 is 2.88 bits per heavy atom. The Bertz CT molecular complexity index is 494. The van der Waals surface area contributed by atoms with Crippen molar-refractivity contribution in [2.45, 2.75) is 33.2 Å². The summed E-state index contributed by atoms with van der Waals surface area (Å²) in [5, 5.41) is 0. The second-order valence-corrected chi connectivity index (χ2v) is 3.95. The summed E-state index contributed by atoms with van der Waals surface area (Å²) < 4.78 is 2.30. The Kier molecular flexibility index (Phi) is 3.40. The third-order valence-corrected chi connectivity index (χ3v) is 2.73. The maximum absolute atomic E-state index is 4.68. The average molecular weight is 214 g/mol. The van der Waals surface area contributed by atoms with E-state index in [0.717, 1.165) is 24.9 Å². The highest BCUT2D eigenvalue weighted by molar-refractivity contribution is 5.75. The average Bonchev–Trinajstić information content (AvgIpc) is 2.65. The molecule has 1 aromatic heterocycles. The molecule has 1 aromatic carbocycles. The summed E-state index contributed by atoms with van der Waals surface area (Å²) in [5.41, 5.74) is 2.35. The molecule has 16 heavy (non-hydrogen) atoms. The van der Waals surface area contributed by atoms with E-state index in [-0.39, 0.29) is 0 Å². The van der Waals surface area contributed by atoms with E-state index in [9.17, 15) is 0 Å². The Morgan fingerprint density at radius 1 is 1.31 bits per heavy atom. The zero-order valence-electron chi connectivity index (χ0n) is 9.98. The van der Waals surface area contributed by atoms with Gasteiger partial charge in [-0.25, -0.2) is 4.98 Å². The van der Waals surface area contributed by atoms with Crippen molar-refractivity contribution in [3.8, 4) is 0 Å². The maximum Gasteiger partial charge on any atom is 0.110 e. The predicted molar refractivity (Wildman–Crippen MR) is 68.5 cm³/mol. The lowest BCUT2D eigenvalue weighted by Gasteiger charge is -2.04. The molecule has 0 bridgehead atoms. The number of hydrogen-bond acceptors (Lipinski definition) is 1. The maximum atomic E-state index is 4.68. The first-order valence-corrected chi connectivity index (χ1v) is 5.92. The summed E-state index contributed by atoms with van der Waals surface area (Å²) in [4.78, 5) is 4.68. The Hall–Kier alpha value is -1.57. The molecular formula is C14H18N2. The summed E-state index contributed by atoms with van der Waals surface area (Å²) in [7, 11) is 0. The van der Waals surface area contributed by atoms with Gasteiger partial charge in [-0.05, 0) is 25.5 Å². The molecular weight excluding hydrogens is 196 g/mol. The first-order chi connectivity index (χ1) is 7.86. The van der Waals surface area contributed by atoms with E-state index in [1.807, 2.05) is 6.07 Å². The van der Waals surface area contributed by atoms with Gasteiger partial charge in [-0.3, -0.25) is 0 Å². The molecule has 0 aliphatic heterocycles. The topological polar surface area (TPSA) is 17.8 Å². The Labute approximate surface area is 96.6 Å². The van der Waals surface area contributed by atoms with E-state index < -0.39 is 0 Å². The van der Waals surface area contributed by atoms with Gasteiger partial charge in [0.2, 0.25) is 0 Å². The van der Waals surface area contributed by atoms with Gasteiger partial charge in [0, 0.05) is 13.0 Å². The second-order valence-electron chi connectivity index (χ2n) is 3.95. The minimum Gasteiger partial charge on any atom is -0.324 e. The van der Waals surface area contributed by atoms with Gasteiger partial charge in [0.15, 0.2) is 0 Å². The quantitative estimate of drug-likeness (QED) is 0.711. The van der Waals surface area contributed by atoms with E-state index in [0.29, 0.717) is 0 Å². The number of benzene rings is 1. The number of para-hydroxylation sites is 2. The molecule has 0 N–H and O–H groups in total. The molecule has 0 saturated carbocycles. The molecule has 0 unspecified atom stereocenters. The van der Waals surface area contributed by atoms with E-state index in [2.05, 4.69) is 53.7 Å². The monoisotopic (exact) mass is 214 g/mol. The van der Waals surface area contributed by atoms with Crippen LogP contribution >= 0.6 is 0 Å². The van der Waals surface area contributed by atoms with Crippen molar-refractivity contribution in [3.05, 3.63) is 42.2 Å². The first-order valence-electron chi connectivity index (χ1n) is 5.92. The third kappa shape index (κ3) is 2.01. The fraction of sp³-hybridized carbons (Fsp3) is 0.357. The molecule has 2 rings (SSSR count). The zero-order valence-corrected chi connectivity index (χ0v) is 9.98. The number of allylic oxidation sites excluding steroid dienone is 2. The summed E-state index contributed by atoms with van der Waals surface area (Å²) in [6, 6.07) is 8.35. The van der Waals surface area contributed by atoms with E-state index in [1.165, 1.54) is 11.3 Å². The summed E-state index contributed by atoms with van der Waals surface area (Å²) in [6.45, 7) is 5.17. The van der Waals surface area contributed by atoms with Gasteiger partial charge in [0.1, 0.15) is 5.82 Å². The van der Waals surface area contributed by atoms with Gasteiger partial charge in [0.05, 0.1) is 11.0 Å². The van der Waals surface area contributed by atoms with Crippen molar-refractivity contribution >= 4 is 11.0 Å². The number of imidazole rings is 1. The van der Waals surface area contributed by atoms with Crippen LogP contribution < -0.4 is 0 Å². The molecule has 0 atom stereocenters. The van der Waals surface area contributed by atoms with Crippen molar-refractivity contribution < 1.29 is 0 Å². The van der Waals surface area contributed by atoms with E-state index >= 15 is 0 Å². The van der Waals surface area contributed by atoms with Crippen molar-refractivity contribution in [3.63, 3.8) is 0 Å². The van der Waals surface area contributed by atoms with Gasteiger partial charge in [-0.2, -0.15) is 0 Å². The lowest BCUT2D eigenvalue weighted by atomic mass is 10.3. The van der Waals surface area contributed by atoms with Gasteiger partial charge in [-0.15, -0.1) is 0 Å². The fourth-order valence-corrected chi connectivity index (χ4v) is 1.95. The lowest BCUT2D eigenvalue weighted by Crippen LogP contribution is -2.01. The van der Waals surface area contributed by atoms with Crippen LogP contribution in [0.25, 0.3) is 11.0 Å². The van der Waals surface area contributed by atoms with Crippen LogP contribution in [0.5, 0.6) is 0 Å². The Balaban J connectivity index is 2.50. The second kappa shape index (κ2) is 4.97. The molecule has 2 heteroatoms. The number of fused-ring (bicyclic) bond motifs is 1. The number of rotatable bonds is 4. The summed E-state index contributed by atoms with van der Waals surface area (Å²) in [6.07, 6.45) is 6.45. The van der Waals surface area contributed by atoms with Crippen molar-refractivity contribution in [2.24, 2.45) is 0 Å². The largest absolute Gasteiger partial charge is 0.324 e. The number of hydrogen-bond donors (Lipinski definition) is 0. The first kappa shape index (κ1) is 10.9. The lowest BCUT2D eigenvalue weighted by molar-refractivity contribution is 0.732. The molecule has 0 aliphatic carbocycles. The Morgan fingerprint density at radius 2 is 2.12 bits per heavy atom. The van der Waals surface area contributed by atoms with Gasteiger partial charge in [-0.1, -0.05) is 31.2 Å². The highest BCUT2D eigenvalue weighted by Gasteiger charge is 2.07. The van der Waals surface area contributed by atoms with Crippen molar-refractivity contribution in [1.29, 1.82) is 0 Å². The standard InChI is InChI=1S/C14H18N2/c1-3-5-11-16-13-10-7-6-9-12(13)15-14(16)8-4-2/h3,5-7,9-10H,4,8,11H2,1-2H3/b5-3+. The molecule has 0 saturated heterocycles.